The standard InChI is InChI=1S/C14H21N5S/c1-10(2)15-7-12-5-6-14(18-17-12)19(4)8-13-11(3)16-9-20-13/h5-6,9-10,15H,7-8H2,1-4H3. The van der Waals surface area contributed by atoms with Gasteiger partial charge in [-0.3, -0.25) is 0 Å². The van der Waals surface area contributed by atoms with Gasteiger partial charge in [-0.15, -0.1) is 16.4 Å². The summed E-state index contributed by atoms with van der Waals surface area (Å²) in [4.78, 5) is 7.62. The largest absolute Gasteiger partial charge is 0.353 e. The first-order valence-electron chi connectivity index (χ1n) is 6.72. The van der Waals surface area contributed by atoms with Crippen LogP contribution in [0.25, 0.3) is 0 Å². The molecule has 0 amide bonds. The molecule has 0 unspecified atom stereocenters. The van der Waals surface area contributed by atoms with Gasteiger partial charge in [-0.25, -0.2) is 4.98 Å². The van der Waals surface area contributed by atoms with Crippen LogP contribution in [0.4, 0.5) is 5.82 Å². The number of nitrogens with one attached hydrogen (secondary N) is 1. The molecular weight excluding hydrogens is 270 g/mol. The fourth-order valence-corrected chi connectivity index (χ4v) is 2.56. The molecule has 108 valence electrons. The fourth-order valence-electron chi connectivity index (χ4n) is 1.73. The van der Waals surface area contributed by atoms with Crippen LogP contribution in [0.15, 0.2) is 17.6 Å². The zero-order chi connectivity index (χ0) is 14.5. The van der Waals surface area contributed by atoms with E-state index in [1.807, 2.05) is 31.6 Å². The summed E-state index contributed by atoms with van der Waals surface area (Å²) in [6.07, 6.45) is 0. The van der Waals surface area contributed by atoms with Gasteiger partial charge in [-0.05, 0) is 19.1 Å². The Labute approximate surface area is 124 Å². The number of aromatic nitrogens is 3. The minimum atomic E-state index is 0.452. The van der Waals surface area contributed by atoms with E-state index < -0.39 is 0 Å². The van der Waals surface area contributed by atoms with E-state index in [9.17, 15) is 0 Å². The van der Waals surface area contributed by atoms with Crippen LogP contribution in [0.1, 0.15) is 30.1 Å². The molecule has 0 aromatic carbocycles. The highest BCUT2D eigenvalue weighted by Gasteiger charge is 2.08. The third kappa shape index (κ3) is 3.98. The van der Waals surface area contributed by atoms with E-state index in [1.54, 1.807) is 11.3 Å². The number of hydrogen-bond donors (Lipinski definition) is 1. The van der Waals surface area contributed by atoms with Gasteiger partial charge in [0.1, 0.15) is 0 Å². The molecule has 20 heavy (non-hydrogen) atoms. The average Bonchev–Trinajstić information content (AvgIpc) is 2.82. The van der Waals surface area contributed by atoms with Crippen molar-refractivity contribution in [3.63, 3.8) is 0 Å². The van der Waals surface area contributed by atoms with Gasteiger partial charge in [-0.1, -0.05) is 13.8 Å². The number of rotatable bonds is 6. The van der Waals surface area contributed by atoms with Crippen LogP contribution < -0.4 is 10.2 Å². The van der Waals surface area contributed by atoms with Crippen molar-refractivity contribution >= 4 is 17.2 Å². The van der Waals surface area contributed by atoms with Crippen molar-refractivity contribution in [2.45, 2.75) is 39.9 Å². The van der Waals surface area contributed by atoms with Crippen LogP contribution in [0.2, 0.25) is 0 Å². The minimum absolute atomic E-state index is 0.452. The molecule has 0 aliphatic carbocycles. The Morgan fingerprint density at radius 2 is 2.10 bits per heavy atom. The molecule has 0 saturated carbocycles. The van der Waals surface area contributed by atoms with Crippen molar-refractivity contribution in [1.82, 2.24) is 20.5 Å². The van der Waals surface area contributed by atoms with Crippen molar-refractivity contribution < 1.29 is 0 Å². The van der Waals surface area contributed by atoms with E-state index in [1.165, 1.54) is 4.88 Å². The van der Waals surface area contributed by atoms with Crippen molar-refractivity contribution in [3.05, 3.63) is 33.9 Å². The molecule has 0 aliphatic rings. The van der Waals surface area contributed by atoms with Gasteiger partial charge in [0.25, 0.3) is 0 Å². The summed E-state index contributed by atoms with van der Waals surface area (Å²) in [5.41, 5.74) is 3.93. The highest BCUT2D eigenvalue weighted by atomic mass is 32.1. The Bertz CT molecular complexity index is 535. The van der Waals surface area contributed by atoms with Crippen molar-refractivity contribution in [1.29, 1.82) is 0 Å². The van der Waals surface area contributed by atoms with Crippen molar-refractivity contribution in [3.8, 4) is 0 Å². The maximum Gasteiger partial charge on any atom is 0.151 e. The Kier molecular flexibility index (Phi) is 5.03. The maximum atomic E-state index is 4.29. The Morgan fingerprint density at radius 3 is 2.65 bits per heavy atom. The van der Waals surface area contributed by atoms with Crippen LogP contribution in [-0.4, -0.2) is 28.3 Å². The summed E-state index contributed by atoms with van der Waals surface area (Å²) in [7, 11) is 2.02. The molecule has 0 radical (unpaired) electrons. The molecule has 2 heterocycles. The molecule has 2 aromatic rings. The van der Waals surface area contributed by atoms with E-state index in [0.29, 0.717) is 6.04 Å². The lowest BCUT2D eigenvalue weighted by atomic mass is 10.3. The summed E-state index contributed by atoms with van der Waals surface area (Å²) >= 11 is 1.68. The van der Waals surface area contributed by atoms with E-state index in [-0.39, 0.29) is 0 Å². The molecule has 2 aromatic heterocycles. The zero-order valence-corrected chi connectivity index (χ0v) is 13.2. The summed E-state index contributed by atoms with van der Waals surface area (Å²) in [5.74, 6) is 0.881. The molecule has 0 bridgehead atoms. The summed E-state index contributed by atoms with van der Waals surface area (Å²) < 4.78 is 0. The van der Waals surface area contributed by atoms with Crippen LogP contribution in [0, 0.1) is 6.92 Å². The second kappa shape index (κ2) is 6.76. The van der Waals surface area contributed by atoms with E-state index in [0.717, 1.165) is 30.3 Å². The molecule has 0 fully saturated rings. The predicted octanol–water partition coefficient (Wildman–Crippen LogP) is 2.38. The smallest absolute Gasteiger partial charge is 0.151 e. The van der Waals surface area contributed by atoms with Gasteiger partial charge in [0.05, 0.1) is 23.4 Å². The third-order valence-corrected chi connectivity index (χ3v) is 3.93. The molecule has 2 rings (SSSR count). The summed E-state index contributed by atoms with van der Waals surface area (Å²) in [6, 6.07) is 4.49. The SMILES string of the molecule is Cc1ncsc1CN(C)c1ccc(CNC(C)C)nn1. The fraction of sp³-hybridized carbons (Fsp3) is 0.500. The second-order valence-corrected chi connectivity index (χ2v) is 6.07. The van der Waals surface area contributed by atoms with Crippen LogP contribution in [0.5, 0.6) is 0 Å². The van der Waals surface area contributed by atoms with Gasteiger partial charge in [0.15, 0.2) is 5.82 Å². The maximum absolute atomic E-state index is 4.29. The monoisotopic (exact) mass is 291 g/mol. The number of nitrogens with zero attached hydrogens (tertiary/aromatic N) is 4. The Balaban J connectivity index is 1.97. The quantitative estimate of drug-likeness (QED) is 0.885. The lowest BCUT2D eigenvalue weighted by Crippen LogP contribution is -2.23. The first-order chi connectivity index (χ1) is 9.56. The van der Waals surface area contributed by atoms with Gasteiger partial charge in [-0.2, -0.15) is 5.10 Å². The zero-order valence-electron chi connectivity index (χ0n) is 12.4. The number of thiazole rings is 1. The van der Waals surface area contributed by atoms with Crippen LogP contribution in [0.3, 0.4) is 0 Å². The molecule has 6 heteroatoms. The molecule has 0 atom stereocenters. The van der Waals surface area contributed by atoms with E-state index in [4.69, 9.17) is 0 Å². The molecule has 0 spiro atoms. The number of aryl methyl sites for hydroxylation is 1. The van der Waals surface area contributed by atoms with Crippen LogP contribution in [-0.2, 0) is 13.1 Å². The number of anilines is 1. The normalized spacial score (nSPS) is 11.1. The summed E-state index contributed by atoms with van der Waals surface area (Å²) in [5, 5.41) is 11.9. The third-order valence-electron chi connectivity index (χ3n) is 3.01. The van der Waals surface area contributed by atoms with E-state index in [2.05, 4.69) is 39.2 Å². The molecule has 0 saturated heterocycles. The predicted molar refractivity (Wildman–Crippen MR) is 83.0 cm³/mol. The topological polar surface area (TPSA) is 53.9 Å². The van der Waals surface area contributed by atoms with Crippen LogP contribution >= 0.6 is 11.3 Å². The highest BCUT2D eigenvalue weighted by molar-refractivity contribution is 7.09. The first kappa shape index (κ1) is 14.9. The van der Waals surface area contributed by atoms with Gasteiger partial charge >= 0.3 is 0 Å². The van der Waals surface area contributed by atoms with Gasteiger partial charge in [0.2, 0.25) is 0 Å². The average molecular weight is 291 g/mol. The first-order valence-corrected chi connectivity index (χ1v) is 7.60. The highest BCUT2D eigenvalue weighted by Crippen LogP contribution is 2.17. The molecular formula is C14H21N5S. The molecule has 1 N–H and O–H groups in total. The Morgan fingerprint density at radius 1 is 1.30 bits per heavy atom. The summed E-state index contributed by atoms with van der Waals surface area (Å²) in [6.45, 7) is 7.84. The lowest BCUT2D eigenvalue weighted by Gasteiger charge is -2.17. The van der Waals surface area contributed by atoms with Gasteiger partial charge < -0.3 is 10.2 Å². The molecule has 5 nitrogen and oxygen atoms in total. The van der Waals surface area contributed by atoms with Gasteiger partial charge in [0, 0.05) is 24.5 Å². The number of hydrogen-bond acceptors (Lipinski definition) is 6. The molecule has 0 aliphatic heterocycles. The van der Waals surface area contributed by atoms with Crippen molar-refractivity contribution in [2.75, 3.05) is 11.9 Å². The van der Waals surface area contributed by atoms with E-state index >= 15 is 0 Å². The minimum Gasteiger partial charge on any atom is -0.353 e. The Hall–Kier alpha value is -1.53. The van der Waals surface area contributed by atoms with Crippen molar-refractivity contribution in [2.24, 2.45) is 0 Å². The second-order valence-electron chi connectivity index (χ2n) is 5.14. The lowest BCUT2D eigenvalue weighted by molar-refractivity contribution is 0.577.